The van der Waals surface area contributed by atoms with Crippen molar-refractivity contribution in [2.24, 2.45) is 5.92 Å². The lowest BCUT2D eigenvalue weighted by Gasteiger charge is -2.33. The van der Waals surface area contributed by atoms with E-state index in [1.165, 1.54) is 21.5 Å². The molecular weight excluding hydrogens is 437 g/mol. The highest BCUT2D eigenvalue weighted by molar-refractivity contribution is 7.79. The van der Waals surface area contributed by atoms with Crippen LogP contribution in [-0.2, 0) is 11.2 Å². The van der Waals surface area contributed by atoms with Crippen LogP contribution in [0.15, 0.2) is 84.9 Å². The summed E-state index contributed by atoms with van der Waals surface area (Å²) in [7, 11) is -0.595. The Bertz CT molecular complexity index is 1010. The van der Waals surface area contributed by atoms with Gasteiger partial charge in [0.15, 0.2) is 0 Å². The quantitative estimate of drug-likeness (QED) is 0.410. The van der Waals surface area contributed by atoms with E-state index < -0.39 is 13.5 Å². The van der Waals surface area contributed by atoms with Crippen LogP contribution in [0.4, 0.5) is 4.79 Å². The number of amides is 1. The maximum atomic E-state index is 12.4. The molecule has 1 fully saturated rings. The van der Waals surface area contributed by atoms with Gasteiger partial charge in [0.2, 0.25) is 0 Å². The van der Waals surface area contributed by atoms with Gasteiger partial charge in [0.1, 0.15) is 5.60 Å². The molecule has 0 aromatic heterocycles. The van der Waals surface area contributed by atoms with Crippen molar-refractivity contribution in [2.75, 3.05) is 13.1 Å². The molecule has 0 aliphatic carbocycles. The summed E-state index contributed by atoms with van der Waals surface area (Å²) in [5, 5.41) is 4.24. The average molecular weight is 474 g/mol. The fourth-order valence-corrected chi connectivity index (χ4v) is 7.12. The van der Waals surface area contributed by atoms with E-state index in [1.807, 2.05) is 25.7 Å². The molecule has 178 valence electrons. The molecule has 1 heterocycles. The predicted molar refractivity (Wildman–Crippen MR) is 144 cm³/mol. The average Bonchev–Trinajstić information content (AvgIpc) is 2.84. The van der Waals surface area contributed by atoms with E-state index in [1.54, 1.807) is 0 Å². The molecule has 0 N–H and O–H groups in total. The summed E-state index contributed by atoms with van der Waals surface area (Å²) in [6.07, 6.45) is 4.16. The maximum Gasteiger partial charge on any atom is 0.410 e. The van der Waals surface area contributed by atoms with Gasteiger partial charge < -0.3 is 9.64 Å². The number of rotatable bonds is 6. The summed E-state index contributed by atoms with van der Waals surface area (Å²) < 4.78 is 5.56. The second kappa shape index (κ2) is 11.2. The van der Waals surface area contributed by atoms with Crippen molar-refractivity contribution in [3.63, 3.8) is 0 Å². The molecule has 3 aromatic carbocycles. The predicted octanol–water partition coefficient (Wildman–Crippen LogP) is 6.02. The van der Waals surface area contributed by atoms with Crippen molar-refractivity contribution in [1.82, 2.24) is 4.90 Å². The molecule has 4 heteroatoms. The highest BCUT2D eigenvalue weighted by atomic mass is 31.1. The van der Waals surface area contributed by atoms with Crippen LogP contribution in [0, 0.1) is 5.92 Å². The fourth-order valence-electron chi connectivity index (χ4n) is 4.61. The van der Waals surface area contributed by atoms with Crippen molar-refractivity contribution in [3.05, 3.63) is 90.5 Å². The Balaban J connectivity index is 1.45. The van der Waals surface area contributed by atoms with Gasteiger partial charge in [-0.3, -0.25) is 0 Å². The molecule has 0 radical (unpaired) electrons. The molecule has 0 bridgehead atoms. The van der Waals surface area contributed by atoms with Crippen molar-refractivity contribution in [3.8, 4) is 0 Å². The number of hydrogen-bond acceptors (Lipinski definition) is 2. The number of aryl methyl sites for hydroxylation is 1. The Labute approximate surface area is 205 Å². The monoisotopic (exact) mass is 473 g/mol. The molecule has 0 atom stereocenters. The highest BCUT2D eigenvalue weighted by Gasteiger charge is 2.27. The summed E-state index contributed by atoms with van der Waals surface area (Å²) in [5.74, 6) is 0.645. The summed E-state index contributed by atoms with van der Waals surface area (Å²) in [5.41, 5.74) is 1.02. The maximum absolute atomic E-state index is 12.4. The molecule has 1 amide bonds. The van der Waals surface area contributed by atoms with Crippen LogP contribution in [0.3, 0.4) is 0 Å². The number of carbonyl (C=O) groups excluding carboxylic acids is 1. The summed E-state index contributed by atoms with van der Waals surface area (Å²) in [4.78, 5) is 14.3. The summed E-state index contributed by atoms with van der Waals surface area (Å²) in [6, 6.07) is 30.8. The number of benzene rings is 3. The number of piperidine rings is 1. The van der Waals surface area contributed by atoms with Crippen LogP contribution in [0.5, 0.6) is 0 Å². The number of ether oxygens (including phenoxy) is 1. The van der Waals surface area contributed by atoms with Crippen LogP contribution in [0.2, 0.25) is 0 Å². The van der Waals surface area contributed by atoms with Gasteiger partial charge in [-0.05, 0) is 81.8 Å². The first kappa shape index (κ1) is 24.5. The number of nitrogens with zero attached hydrogens (tertiary/aromatic N) is 1. The van der Waals surface area contributed by atoms with Crippen LogP contribution in [0.1, 0.15) is 45.6 Å². The van der Waals surface area contributed by atoms with E-state index in [9.17, 15) is 4.79 Å². The summed E-state index contributed by atoms with van der Waals surface area (Å²) >= 11 is 0. The fraction of sp³-hybridized carbons (Fsp3) is 0.367. The lowest BCUT2D eigenvalue weighted by molar-refractivity contribution is 0.0181. The number of likely N-dealkylation sites (tertiary alicyclic amines) is 1. The summed E-state index contributed by atoms with van der Waals surface area (Å²) in [6.45, 7) is 7.36. The number of hydrogen-bond donors (Lipinski definition) is 0. The standard InChI is InChI=1S/C30H36NO2P/c1-30(2,3)33-29(32)31-22-20-24(21-23-31)18-19-25-12-10-11-17-28(25)34(26-13-6-4-7-14-26)27-15-8-5-9-16-27/h4-17,24H,18-23H2,1-3H3. The SMILES string of the molecule is CC(C)(C)OC(=O)N1CCC(CCc2ccccc2P(c2ccccc2)c2ccccc2)CC1. The third-order valence-corrected chi connectivity index (χ3v) is 8.90. The first-order valence-electron chi connectivity index (χ1n) is 12.4. The second-order valence-corrected chi connectivity index (χ2v) is 12.3. The van der Waals surface area contributed by atoms with Gasteiger partial charge in [-0.1, -0.05) is 84.9 Å². The van der Waals surface area contributed by atoms with E-state index in [-0.39, 0.29) is 6.09 Å². The Morgan fingerprint density at radius 1 is 0.853 bits per heavy atom. The zero-order valence-electron chi connectivity index (χ0n) is 20.6. The first-order chi connectivity index (χ1) is 16.4. The topological polar surface area (TPSA) is 29.5 Å². The van der Waals surface area contributed by atoms with Gasteiger partial charge in [-0.25, -0.2) is 4.79 Å². The molecule has 1 saturated heterocycles. The van der Waals surface area contributed by atoms with Crippen LogP contribution in [-0.4, -0.2) is 29.7 Å². The minimum atomic E-state index is -0.595. The van der Waals surface area contributed by atoms with E-state index in [2.05, 4.69) is 84.9 Å². The molecule has 3 aromatic rings. The molecular formula is C30H36NO2P. The van der Waals surface area contributed by atoms with Gasteiger partial charge in [-0.15, -0.1) is 0 Å². The van der Waals surface area contributed by atoms with Crippen molar-refractivity contribution in [2.45, 2.75) is 52.1 Å². The van der Waals surface area contributed by atoms with Crippen LogP contribution < -0.4 is 15.9 Å². The zero-order chi connectivity index (χ0) is 24.0. The van der Waals surface area contributed by atoms with Gasteiger partial charge in [0.05, 0.1) is 0 Å². The molecule has 34 heavy (non-hydrogen) atoms. The van der Waals surface area contributed by atoms with Gasteiger partial charge in [-0.2, -0.15) is 0 Å². The number of carbonyl (C=O) groups is 1. The molecule has 0 spiro atoms. The lowest BCUT2D eigenvalue weighted by atomic mass is 9.90. The first-order valence-corrected chi connectivity index (χ1v) is 13.7. The van der Waals surface area contributed by atoms with Crippen molar-refractivity contribution < 1.29 is 9.53 Å². The second-order valence-electron chi connectivity index (χ2n) is 10.1. The third kappa shape index (κ3) is 6.48. The smallest absolute Gasteiger partial charge is 0.410 e. The molecule has 3 nitrogen and oxygen atoms in total. The lowest BCUT2D eigenvalue weighted by Crippen LogP contribution is -2.41. The van der Waals surface area contributed by atoms with E-state index in [0.29, 0.717) is 5.92 Å². The zero-order valence-corrected chi connectivity index (χ0v) is 21.5. The van der Waals surface area contributed by atoms with E-state index in [0.717, 1.165) is 38.8 Å². The Morgan fingerprint density at radius 2 is 1.38 bits per heavy atom. The minimum Gasteiger partial charge on any atom is -0.444 e. The van der Waals surface area contributed by atoms with E-state index >= 15 is 0 Å². The molecule has 0 unspecified atom stereocenters. The normalized spacial score (nSPS) is 14.9. The van der Waals surface area contributed by atoms with Crippen LogP contribution in [0.25, 0.3) is 0 Å². The molecule has 1 aliphatic rings. The Kier molecular flexibility index (Phi) is 8.06. The van der Waals surface area contributed by atoms with Crippen molar-refractivity contribution >= 4 is 29.9 Å². The Morgan fingerprint density at radius 3 is 1.94 bits per heavy atom. The van der Waals surface area contributed by atoms with Gasteiger partial charge >= 0.3 is 6.09 Å². The van der Waals surface area contributed by atoms with Crippen LogP contribution >= 0.6 is 7.92 Å². The largest absolute Gasteiger partial charge is 0.444 e. The minimum absolute atomic E-state index is 0.173. The van der Waals surface area contributed by atoms with E-state index in [4.69, 9.17) is 4.74 Å². The van der Waals surface area contributed by atoms with Crippen molar-refractivity contribution in [1.29, 1.82) is 0 Å². The molecule has 0 saturated carbocycles. The molecule has 4 rings (SSSR count). The third-order valence-electron chi connectivity index (χ3n) is 6.35. The van der Waals surface area contributed by atoms with Gasteiger partial charge in [0, 0.05) is 13.1 Å². The Hall–Kier alpha value is -2.64. The highest BCUT2D eigenvalue weighted by Crippen LogP contribution is 2.35. The van der Waals surface area contributed by atoms with Gasteiger partial charge in [0.25, 0.3) is 0 Å². The molecule has 1 aliphatic heterocycles.